The number of rotatable bonds is 4. The summed E-state index contributed by atoms with van der Waals surface area (Å²) in [7, 11) is 0. The van der Waals surface area contributed by atoms with Crippen molar-refractivity contribution in [3.05, 3.63) is 174 Å². The average Bonchev–Trinajstić information content (AvgIpc) is 3.02. The molecule has 2 heterocycles. The largest absolute Gasteiger partial charge is 0.457 e. The Balaban J connectivity index is 1.42. The van der Waals surface area contributed by atoms with Crippen LogP contribution in [0.3, 0.4) is 0 Å². The number of anilines is 3. The Bertz CT molecular complexity index is 1810. The molecule has 0 fully saturated rings. The van der Waals surface area contributed by atoms with E-state index in [0.29, 0.717) is 0 Å². The van der Waals surface area contributed by atoms with E-state index in [-0.39, 0.29) is 0 Å². The third kappa shape index (κ3) is 3.25. The summed E-state index contributed by atoms with van der Waals surface area (Å²) in [5, 5.41) is 0. The molecule has 0 spiro atoms. The zero-order valence-electron chi connectivity index (χ0n) is 21.7. The van der Waals surface area contributed by atoms with Crippen LogP contribution >= 0.6 is 0 Å². The maximum atomic E-state index is 6.74. The standard InChI is InChI=1S/C37H25NO2/c1-4-13-26(14-5-1)37-30-19-10-11-20-32(30)39-33-21-12-22-34(36(33)37)40-35-25-29(23-24-31(35)37)38(27-15-6-2-7-16-27)28-17-8-3-9-18-28/h1-25H. The van der Waals surface area contributed by atoms with E-state index in [2.05, 4.69) is 126 Å². The molecule has 3 heteroatoms. The zero-order valence-corrected chi connectivity index (χ0v) is 21.7. The summed E-state index contributed by atoms with van der Waals surface area (Å²) in [6, 6.07) is 52.7. The van der Waals surface area contributed by atoms with E-state index in [1.165, 1.54) is 5.56 Å². The van der Waals surface area contributed by atoms with E-state index in [1.807, 2.05) is 30.3 Å². The maximum Gasteiger partial charge on any atom is 0.135 e. The van der Waals surface area contributed by atoms with E-state index in [1.54, 1.807) is 0 Å². The Kier molecular flexibility index (Phi) is 5.04. The molecular weight excluding hydrogens is 490 g/mol. The van der Waals surface area contributed by atoms with E-state index in [0.717, 1.165) is 56.8 Å². The predicted octanol–water partition coefficient (Wildman–Crippen LogP) is 9.75. The molecule has 0 aliphatic carbocycles. The minimum Gasteiger partial charge on any atom is -0.457 e. The molecule has 190 valence electrons. The fourth-order valence-electron chi connectivity index (χ4n) is 6.36. The molecule has 0 aromatic heterocycles. The van der Waals surface area contributed by atoms with Gasteiger partial charge >= 0.3 is 0 Å². The van der Waals surface area contributed by atoms with Crippen LogP contribution in [0.4, 0.5) is 17.1 Å². The number of hydrogen-bond acceptors (Lipinski definition) is 3. The Hall–Kier alpha value is -5.28. The zero-order chi connectivity index (χ0) is 26.5. The van der Waals surface area contributed by atoms with Gasteiger partial charge in [0, 0.05) is 34.3 Å². The molecule has 1 atom stereocenters. The van der Waals surface area contributed by atoms with Crippen molar-refractivity contribution in [2.75, 3.05) is 4.90 Å². The topological polar surface area (TPSA) is 21.7 Å². The summed E-state index contributed by atoms with van der Waals surface area (Å²) in [5.74, 6) is 3.33. The lowest BCUT2D eigenvalue weighted by Crippen LogP contribution is -2.37. The molecule has 40 heavy (non-hydrogen) atoms. The monoisotopic (exact) mass is 515 g/mol. The molecule has 6 aromatic carbocycles. The molecule has 2 aliphatic rings. The minimum absolute atomic E-state index is 0.585. The van der Waals surface area contributed by atoms with E-state index in [4.69, 9.17) is 9.47 Å². The molecular formula is C37H25NO2. The maximum absolute atomic E-state index is 6.74. The molecule has 0 N–H and O–H groups in total. The van der Waals surface area contributed by atoms with Crippen molar-refractivity contribution in [2.45, 2.75) is 5.41 Å². The van der Waals surface area contributed by atoms with Crippen molar-refractivity contribution in [2.24, 2.45) is 0 Å². The highest BCUT2D eigenvalue weighted by molar-refractivity contribution is 5.81. The second-order valence-corrected chi connectivity index (χ2v) is 10.1. The SMILES string of the molecule is c1ccc(N(c2ccccc2)c2ccc3c(c2)Oc2cccc4c2C3(c2ccccc2)c2ccccc2O4)cc1. The number of hydrogen-bond donors (Lipinski definition) is 0. The highest BCUT2D eigenvalue weighted by Gasteiger charge is 2.51. The smallest absolute Gasteiger partial charge is 0.135 e. The summed E-state index contributed by atoms with van der Waals surface area (Å²) < 4.78 is 13.2. The molecule has 0 saturated carbocycles. The molecule has 0 amide bonds. The van der Waals surface area contributed by atoms with Crippen molar-refractivity contribution < 1.29 is 9.47 Å². The molecule has 0 saturated heterocycles. The first-order valence-corrected chi connectivity index (χ1v) is 13.5. The van der Waals surface area contributed by atoms with Crippen molar-refractivity contribution in [3.63, 3.8) is 0 Å². The van der Waals surface area contributed by atoms with Gasteiger partial charge in [-0.05, 0) is 54.1 Å². The fraction of sp³-hybridized carbons (Fsp3) is 0.0270. The number of para-hydroxylation sites is 3. The predicted molar refractivity (Wildman–Crippen MR) is 160 cm³/mol. The van der Waals surface area contributed by atoms with Crippen LogP contribution in [0.25, 0.3) is 0 Å². The molecule has 8 rings (SSSR count). The van der Waals surface area contributed by atoms with Crippen molar-refractivity contribution >= 4 is 17.1 Å². The molecule has 3 nitrogen and oxygen atoms in total. The van der Waals surface area contributed by atoms with Gasteiger partial charge in [-0.25, -0.2) is 0 Å². The number of ether oxygens (including phenoxy) is 2. The van der Waals surface area contributed by atoms with E-state index >= 15 is 0 Å². The number of fused-ring (bicyclic) bond motifs is 4. The third-order valence-corrected chi connectivity index (χ3v) is 7.96. The van der Waals surface area contributed by atoms with E-state index < -0.39 is 5.41 Å². The van der Waals surface area contributed by atoms with Crippen LogP contribution in [0.2, 0.25) is 0 Å². The van der Waals surface area contributed by atoms with Gasteiger partial charge < -0.3 is 14.4 Å². The van der Waals surface area contributed by atoms with E-state index in [9.17, 15) is 0 Å². The van der Waals surface area contributed by atoms with Gasteiger partial charge in [0.25, 0.3) is 0 Å². The normalized spacial score (nSPS) is 16.0. The summed E-state index contributed by atoms with van der Waals surface area (Å²) in [6.45, 7) is 0. The first kappa shape index (κ1) is 22.7. The highest BCUT2D eigenvalue weighted by Crippen LogP contribution is 2.62. The quantitative estimate of drug-likeness (QED) is 0.233. The van der Waals surface area contributed by atoms with Crippen molar-refractivity contribution in [3.8, 4) is 23.0 Å². The van der Waals surface area contributed by atoms with Crippen LogP contribution in [0.5, 0.6) is 23.0 Å². The number of benzene rings is 6. The average molecular weight is 516 g/mol. The van der Waals surface area contributed by atoms with Gasteiger partial charge in [0.15, 0.2) is 0 Å². The Labute approximate surface area is 233 Å². The van der Waals surface area contributed by atoms with Crippen LogP contribution in [0.15, 0.2) is 152 Å². The summed E-state index contributed by atoms with van der Waals surface area (Å²) >= 11 is 0. The second kappa shape index (κ2) is 8.89. The Morgan fingerprint density at radius 1 is 0.400 bits per heavy atom. The van der Waals surface area contributed by atoms with Crippen LogP contribution < -0.4 is 14.4 Å². The summed E-state index contributed by atoms with van der Waals surface area (Å²) in [6.07, 6.45) is 0. The molecule has 1 unspecified atom stereocenters. The highest BCUT2D eigenvalue weighted by atomic mass is 16.5. The number of nitrogens with zero attached hydrogens (tertiary/aromatic N) is 1. The molecule has 6 aromatic rings. The van der Waals surface area contributed by atoms with Gasteiger partial charge in [-0.1, -0.05) is 97.1 Å². The van der Waals surface area contributed by atoms with Gasteiger partial charge in [0.2, 0.25) is 0 Å². The van der Waals surface area contributed by atoms with Gasteiger partial charge in [-0.2, -0.15) is 0 Å². The van der Waals surface area contributed by atoms with Gasteiger partial charge in [0.1, 0.15) is 23.0 Å². The van der Waals surface area contributed by atoms with Gasteiger partial charge in [-0.3, -0.25) is 0 Å². The van der Waals surface area contributed by atoms with Crippen LogP contribution in [0, 0.1) is 0 Å². The van der Waals surface area contributed by atoms with Crippen LogP contribution in [-0.4, -0.2) is 0 Å². The van der Waals surface area contributed by atoms with Crippen LogP contribution in [0.1, 0.15) is 22.3 Å². The first-order chi connectivity index (χ1) is 19.8. The Morgan fingerprint density at radius 3 is 1.60 bits per heavy atom. The van der Waals surface area contributed by atoms with Gasteiger partial charge in [-0.15, -0.1) is 0 Å². The first-order valence-electron chi connectivity index (χ1n) is 13.5. The fourth-order valence-corrected chi connectivity index (χ4v) is 6.36. The lowest BCUT2D eigenvalue weighted by atomic mass is 9.62. The third-order valence-electron chi connectivity index (χ3n) is 7.96. The molecule has 0 radical (unpaired) electrons. The molecule has 2 aliphatic heterocycles. The summed E-state index contributed by atoms with van der Waals surface area (Å²) in [4.78, 5) is 2.27. The minimum atomic E-state index is -0.585. The van der Waals surface area contributed by atoms with Crippen molar-refractivity contribution in [1.82, 2.24) is 0 Å². The van der Waals surface area contributed by atoms with Crippen LogP contribution in [-0.2, 0) is 5.41 Å². The Morgan fingerprint density at radius 2 is 0.925 bits per heavy atom. The lowest BCUT2D eigenvalue weighted by molar-refractivity contribution is 0.385. The molecule has 0 bridgehead atoms. The lowest BCUT2D eigenvalue weighted by Gasteiger charge is -2.45. The second-order valence-electron chi connectivity index (χ2n) is 10.1. The van der Waals surface area contributed by atoms with Gasteiger partial charge in [0.05, 0.1) is 11.0 Å². The summed E-state index contributed by atoms with van der Waals surface area (Å²) in [5.41, 5.74) is 7.05. The van der Waals surface area contributed by atoms with Crippen molar-refractivity contribution in [1.29, 1.82) is 0 Å².